The van der Waals surface area contributed by atoms with E-state index in [4.69, 9.17) is 11.6 Å². The second kappa shape index (κ2) is 5.52. The van der Waals surface area contributed by atoms with Gasteiger partial charge in [-0.05, 0) is 23.6 Å². The molecular weight excluding hydrogens is 263 g/mol. The van der Waals surface area contributed by atoms with Gasteiger partial charge in [-0.25, -0.2) is 0 Å². The van der Waals surface area contributed by atoms with Crippen molar-refractivity contribution in [1.29, 1.82) is 0 Å². The molecule has 3 heteroatoms. The van der Waals surface area contributed by atoms with Crippen LogP contribution in [0.2, 0.25) is 5.02 Å². The van der Waals surface area contributed by atoms with Crippen molar-refractivity contribution in [2.24, 2.45) is 0 Å². The van der Waals surface area contributed by atoms with Gasteiger partial charge in [-0.1, -0.05) is 46.6 Å². The lowest BCUT2D eigenvalue weighted by atomic mass is 10.1. The van der Waals surface area contributed by atoms with Gasteiger partial charge in [0.15, 0.2) is 0 Å². The third-order valence-corrected chi connectivity index (χ3v) is 3.04. The van der Waals surface area contributed by atoms with Gasteiger partial charge in [0, 0.05) is 11.4 Å². The summed E-state index contributed by atoms with van der Waals surface area (Å²) in [5, 5.41) is 1.08. The minimum Gasteiger partial charge on any atom is -0.298 e. The van der Waals surface area contributed by atoms with Crippen LogP contribution in [0, 0.1) is 0 Å². The second-order valence-corrected chi connectivity index (χ2v) is 4.10. The predicted molar refractivity (Wildman–Crippen MR) is 63.3 cm³/mol. The molecule has 0 aromatic heterocycles. The third kappa shape index (κ3) is 3.10. The Labute approximate surface area is 97.6 Å². The number of benzene rings is 1. The number of hydrogen-bond acceptors (Lipinski definition) is 1. The monoisotopic (exact) mass is 274 g/mol. The summed E-state index contributed by atoms with van der Waals surface area (Å²) < 4.78 is 0. The zero-order valence-corrected chi connectivity index (χ0v) is 10.4. The first-order valence-electron chi connectivity index (χ1n) is 4.52. The lowest BCUT2D eigenvalue weighted by Gasteiger charge is -2.04. The molecule has 76 valence electrons. The Kier molecular flexibility index (Phi) is 4.63. The summed E-state index contributed by atoms with van der Waals surface area (Å²) in [6.45, 7) is 2.08. The summed E-state index contributed by atoms with van der Waals surface area (Å²) in [6, 6.07) is 5.88. The Morgan fingerprint density at radius 1 is 1.50 bits per heavy atom. The molecule has 0 heterocycles. The second-order valence-electron chi connectivity index (χ2n) is 3.13. The molecule has 0 fully saturated rings. The van der Waals surface area contributed by atoms with Crippen LogP contribution in [0.15, 0.2) is 18.2 Å². The van der Waals surface area contributed by atoms with E-state index in [9.17, 15) is 4.79 Å². The largest absolute Gasteiger partial charge is 0.298 e. The zero-order chi connectivity index (χ0) is 10.6. The Bertz CT molecular complexity index is 336. The van der Waals surface area contributed by atoms with E-state index in [1.165, 1.54) is 5.56 Å². The van der Waals surface area contributed by atoms with Crippen molar-refractivity contribution in [3.8, 4) is 0 Å². The summed E-state index contributed by atoms with van der Waals surface area (Å²) in [6.07, 6.45) is 1.38. The van der Waals surface area contributed by atoms with Gasteiger partial charge in [-0.15, -0.1) is 0 Å². The number of ketones is 1. The molecule has 0 radical (unpaired) electrons. The molecule has 0 bridgehead atoms. The van der Waals surface area contributed by atoms with Crippen LogP contribution in [0.4, 0.5) is 0 Å². The molecule has 0 amide bonds. The molecule has 0 N–H and O–H groups in total. The molecule has 0 saturated carbocycles. The minimum atomic E-state index is 0.149. The van der Waals surface area contributed by atoms with Gasteiger partial charge >= 0.3 is 0 Å². The first-order valence-corrected chi connectivity index (χ1v) is 6.02. The Hall–Kier alpha value is -0.340. The lowest BCUT2D eigenvalue weighted by molar-refractivity contribution is -0.115. The number of aryl methyl sites for hydroxylation is 1. The van der Waals surface area contributed by atoms with Gasteiger partial charge in [0.25, 0.3) is 0 Å². The molecule has 1 nitrogen and oxygen atoms in total. The molecule has 0 unspecified atom stereocenters. The van der Waals surface area contributed by atoms with Crippen molar-refractivity contribution in [2.45, 2.75) is 19.8 Å². The fourth-order valence-electron chi connectivity index (χ4n) is 1.21. The SMILES string of the molecule is CCc1ccc(CC(=O)CBr)c(Cl)c1. The average Bonchev–Trinajstić information content (AvgIpc) is 2.20. The Morgan fingerprint density at radius 2 is 2.21 bits per heavy atom. The van der Waals surface area contributed by atoms with Crippen LogP contribution in [0.3, 0.4) is 0 Å². The van der Waals surface area contributed by atoms with E-state index in [2.05, 4.69) is 22.9 Å². The van der Waals surface area contributed by atoms with Crippen LogP contribution in [0.5, 0.6) is 0 Å². The van der Waals surface area contributed by atoms with Gasteiger partial charge in [-0.3, -0.25) is 4.79 Å². The fourth-order valence-corrected chi connectivity index (χ4v) is 1.68. The maximum atomic E-state index is 11.2. The number of Topliss-reactive ketones (excluding diaryl/α,β-unsaturated/α-hetero) is 1. The quantitative estimate of drug-likeness (QED) is 0.770. The van der Waals surface area contributed by atoms with E-state index in [0.717, 1.165) is 12.0 Å². The molecule has 0 saturated heterocycles. The summed E-state index contributed by atoms with van der Waals surface area (Å²) in [5.41, 5.74) is 2.11. The summed E-state index contributed by atoms with van der Waals surface area (Å²) in [4.78, 5) is 11.2. The molecular formula is C11H12BrClO. The molecule has 0 aliphatic carbocycles. The summed E-state index contributed by atoms with van der Waals surface area (Å²) >= 11 is 9.17. The van der Waals surface area contributed by atoms with E-state index in [0.29, 0.717) is 16.8 Å². The lowest BCUT2D eigenvalue weighted by Crippen LogP contribution is -2.04. The van der Waals surface area contributed by atoms with Gasteiger partial charge in [0.1, 0.15) is 5.78 Å². The van der Waals surface area contributed by atoms with E-state index >= 15 is 0 Å². The van der Waals surface area contributed by atoms with Crippen molar-refractivity contribution in [3.63, 3.8) is 0 Å². The smallest absolute Gasteiger partial charge is 0.147 e. The number of carbonyl (C=O) groups is 1. The minimum absolute atomic E-state index is 0.149. The molecule has 1 aromatic carbocycles. The number of carbonyl (C=O) groups excluding carboxylic acids is 1. The van der Waals surface area contributed by atoms with Gasteiger partial charge in [-0.2, -0.15) is 0 Å². The van der Waals surface area contributed by atoms with Crippen molar-refractivity contribution < 1.29 is 4.79 Å². The van der Waals surface area contributed by atoms with Crippen molar-refractivity contribution in [2.75, 3.05) is 5.33 Å². The molecule has 1 rings (SSSR count). The number of alkyl halides is 1. The van der Waals surface area contributed by atoms with Crippen LogP contribution < -0.4 is 0 Å². The Morgan fingerprint density at radius 3 is 2.71 bits per heavy atom. The highest BCUT2D eigenvalue weighted by Gasteiger charge is 2.06. The van der Waals surface area contributed by atoms with Crippen LogP contribution in [0.25, 0.3) is 0 Å². The summed E-state index contributed by atoms with van der Waals surface area (Å²) in [7, 11) is 0. The average molecular weight is 276 g/mol. The fraction of sp³-hybridized carbons (Fsp3) is 0.364. The van der Waals surface area contributed by atoms with Crippen LogP contribution in [0.1, 0.15) is 18.1 Å². The third-order valence-electron chi connectivity index (χ3n) is 2.06. The van der Waals surface area contributed by atoms with Crippen LogP contribution >= 0.6 is 27.5 Å². The molecule has 14 heavy (non-hydrogen) atoms. The van der Waals surface area contributed by atoms with Gasteiger partial charge in [0.2, 0.25) is 0 Å². The highest BCUT2D eigenvalue weighted by molar-refractivity contribution is 9.09. The van der Waals surface area contributed by atoms with Crippen LogP contribution in [-0.2, 0) is 17.6 Å². The number of halogens is 2. The van der Waals surface area contributed by atoms with Crippen molar-refractivity contribution in [1.82, 2.24) is 0 Å². The standard InChI is InChI=1S/C11H12BrClO/c1-2-8-3-4-9(11(13)5-8)6-10(14)7-12/h3-5H,2,6-7H2,1H3. The predicted octanol–water partition coefficient (Wildman–Crippen LogP) is 3.41. The highest BCUT2D eigenvalue weighted by Crippen LogP contribution is 2.19. The normalized spacial score (nSPS) is 10.2. The van der Waals surface area contributed by atoms with Crippen molar-refractivity contribution >= 4 is 33.3 Å². The van der Waals surface area contributed by atoms with E-state index in [1.54, 1.807) is 0 Å². The molecule has 1 aromatic rings. The van der Waals surface area contributed by atoms with Crippen LogP contribution in [-0.4, -0.2) is 11.1 Å². The molecule has 0 aliphatic rings. The van der Waals surface area contributed by atoms with E-state index in [1.807, 2.05) is 18.2 Å². The van der Waals surface area contributed by atoms with Gasteiger partial charge in [0.05, 0.1) is 5.33 Å². The van der Waals surface area contributed by atoms with E-state index < -0.39 is 0 Å². The maximum absolute atomic E-state index is 11.2. The van der Waals surface area contributed by atoms with Crippen molar-refractivity contribution in [3.05, 3.63) is 34.3 Å². The Balaban J connectivity index is 2.83. The number of hydrogen-bond donors (Lipinski definition) is 0. The van der Waals surface area contributed by atoms with E-state index in [-0.39, 0.29) is 5.78 Å². The first kappa shape index (κ1) is 11.7. The molecule has 0 aliphatic heterocycles. The highest BCUT2D eigenvalue weighted by atomic mass is 79.9. The maximum Gasteiger partial charge on any atom is 0.147 e. The zero-order valence-electron chi connectivity index (χ0n) is 8.02. The summed E-state index contributed by atoms with van der Waals surface area (Å²) in [5.74, 6) is 0.149. The molecule has 0 atom stereocenters. The number of rotatable bonds is 4. The van der Waals surface area contributed by atoms with Gasteiger partial charge < -0.3 is 0 Å². The molecule has 0 spiro atoms. The topological polar surface area (TPSA) is 17.1 Å². The first-order chi connectivity index (χ1) is 6.67.